The van der Waals surface area contributed by atoms with Gasteiger partial charge in [-0.2, -0.15) is 4.39 Å². The molecule has 0 radical (unpaired) electrons. The van der Waals surface area contributed by atoms with Crippen LogP contribution in [0.1, 0.15) is 63.9 Å². The minimum absolute atomic E-state index is 0.0135. The number of allylic oxidation sites excluding steroid dienone is 1. The average molecular weight is 527 g/mol. The maximum atomic E-state index is 15.1. The summed E-state index contributed by atoms with van der Waals surface area (Å²) in [7, 11) is 0. The fraction of sp³-hybridized carbons (Fsp3) is 0.375. The molecule has 0 bridgehead atoms. The van der Waals surface area contributed by atoms with E-state index in [1.54, 1.807) is 36.4 Å². The Hall–Kier alpha value is -3.12. The number of hydrogen-bond acceptors (Lipinski definition) is 2. The number of benzene rings is 3. The highest BCUT2D eigenvalue weighted by molar-refractivity contribution is 5.72. The molecule has 0 N–H and O–H groups in total. The molecule has 0 aliphatic carbocycles. The molecule has 2 nitrogen and oxygen atoms in total. The van der Waals surface area contributed by atoms with Crippen LogP contribution < -0.4 is 4.74 Å². The van der Waals surface area contributed by atoms with Crippen LogP contribution in [0.2, 0.25) is 0 Å². The van der Waals surface area contributed by atoms with Crippen molar-refractivity contribution in [1.29, 1.82) is 0 Å². The van der Waals surface area contributed by atoms with E-state index in [-0.39, 0.29) is 28.9 Å². The van der Waals surface area contributed by atoms with Gasteiger partial charge in [-0.3, -0.25) is 0 Å². The summed E-state index contributed by atoms with van der Waals surface area (Å²) in [6.07, 6.45) is 9.28. The van der Waals surface area contributed by atoms with Crippen LogP contribution in [0.5, 0.6) is 5.75 Å². The standard InChI is InChI=1S/C32H34F4O2/c1-3-5-6-7-19-37-28-18-17-26(31(35)32(28)36)22-11-9-21(10-12-22)25-15-16-27(30(34)29(25)33)23-13-14-24(8-4-2)38-20-23/h4,8-12,15-18,23-24H,3,5-7,13-14,19-20H2,1-2H3/b8-4+. The van der Waals surface area contributed by atoms with Gasteiger partial charge in [0.2, 0.25) is 5.82 Å². The molecule has 2 unspecified atom stereocenters. The van der Waals surface area contributed by atoms with Gasteiger partial charge in [0.1, 0.15) is 0 Å². The highest BCUT2D eigenvalue weighted by Gasteiger charge is 2.26. The van der Waals surface area contributed by atoms with E-state index in [1.807, 2.05) is 19.1 Å². The minimum atomic E-state index is -1.03. The third-order valence-corrected chi connectivity index (χ3v) is 7.08. The molecular formula is C32H34F4O2. The van der Waals surface area contributed by atoms with E-state index in [4.69, 9.17) is 9.47 Å². The molecule has 1 saturated heterocycles. The SMILES string of the molecule is C/C=C/C1CCC(c2ccc(-c3ccc(-c4ccc(OCCCCCC)c(F)c4F)cc3)c(F)c2F)CO1. The van der Waals surface area contributed by atoms with Crippen molar-refractivity contribution < 1.29 is 27.0 Å². The highest BCUT2D eigenvalue weighted by Crippen LogP contribution is 2.36. The number of unbranched alkanes of at least 4 members (excludes halogenated alkanes) is 3. The lowest BCUT2D eigenvalue weighted by Gasteiger charge is -2.28. The molecule has 3 aromatic rings. The first-order valence-corrected chi connectivity index (χ1v) is 13.4. The van der Waals surface area contributed by atoms with Gasteiger partial charge in [-0.25, -0.2) is 13.2 Å². The van der Waals surface area contributed by atoms with Gasteiger partial charge in [0.15, 0.2) is 23.2 Å². The molecule has 1 fully saturated rings. The Morgan fingerprint density at radius 2 is 1.45 bits per heavy atom. The van der Waals surface area contributed by atoms with Crippen molar-refractivity contribution in [3.63, 3.8) is 0 Å². The van der Waals surface area contributed by atoms with E-state index in [0.29, 0.717) is 36.3 Å². The topological polar surface area (TPSA) is 18.5 Å². The van der Waals surface area contributed by atoms with Crippen molar-refractivity contribution in [2.24, 2.45) is 0 Å². The van der Waals surface area contributed by atoms with Crippen molar-refractivity contribution in [2.45, 2.75) is 64.4 Å². The molecule has 0 aromatic heterocycles. The molecule has 6 heteroatoms. The maximum Gasteiger partial charge on any atom is 0.201 e. The molecule has 202 valence electrons. The summed E-state index contributed by atoms with van der Waals surface area (Å²) in [6.45, 7) is 4.69. The van der Waals surface area contributed by atoms with Crippen molar-refractivity contribution in [3.8, 4) is 28.0 Å². The van der Waals surface area contributed by atoms with E-state index in [1.165, 1.54) is 12.1 Å². The Bertz CT molecular complexity index is 1250. The summed E-state index contributed by atoms with van der Waals surface area (Å²) in [5.41, 5.74) is 1.36. The average Bonchev–Trinajstić information content (AvgIpc) is 2.93. The molecule has 2 atom stereocenters. The van der Waals surface area contributed by atoms with Crippen LogP contribution in [0, 0.1) is 23.3 Å². The summed E-state index contributed by atoms with van der Waals surface area (Å²) >= 11 is 0. The van der Waals surface area contributed by atoms with Gasteiger partial charge in [-0.1, -0.05) is 74.7 Å². The lowest BCUT2D eigenvalue weighted by molar-refractivity contribution is 0.0317. The molecule has 0 saturated carbocycles. The number of hydrogen-bond donors (Lipinski definition) is 0. The Morgan fingerprint density at radius 1 is 0.789 bits per heavy atom. The fourth-order valence-corrected chi connectivity index (χ4v) is 4.89. The van der Waals surface area contributed by atoms with E-state index in [0.717, 1.165) is 32.1 Å². The quantitative estimate of drug-likeness (QED) is 0.149. The second kappa shape index (κ2) is 13.1. The zero-order valence-corrected chi connectivity index (χ0v) is 21.9. The molecule has 38 heavy (non-hydrogen) atoms. The molecule has 1 heterocycles. The monoisotopic (exact) mass is 526 g/mol. The van der Waals surface area contributed by atoms with E-state index >= 15 is 8.78 Å². The Kier molecular flexibility index (Phi) is 9.62. The maximum absolute atomic E-state index is 15.1. The minimum Gasteiger partial charge on any atom is -0.490 e. The molecule has 0 amide bonds. The molecular weight excluding hydrogens is 492 g/mol. The lowest BCUT2D eigenvalue weighted by Crippen LogP contribution is -2.24. The fourth-order valence-electron chi connectivity index (χ4n) is 4.89. The van der Waals surface area contributed by atoms with Gasteiger partial charge in [-0.15, -0.1) is 0 Å². The number of rotatable bonds is 10. The van der Waals surface area contributed by atoms with Crippen molar-refractivity contribution in [3.05, 3.63) is 89.5 Å². The lowest BCUT2D eigenvalue weighted by atomic mass is 9.89. The summed E-state index contributed by atoms with van der Waals surface area (Å²) in [5, 5.41) is 0. The van der Waals surface area contributed by atoms with Gasteiger partial charge in [0.05, 0.1) is 19.3 Å². The third kappa shape index (κ3) is 6.29. The Morgan fingerprint density at radius 3 is 2.05 bits per heavy atom. The Balaban J connectivity index is 1.48. The van der Waals surface area contributed by atoms with Crippen molar-refractivity contribution in [1.82, 2.24) is 0 Å². The molecule has 1 aliphatic heterocycles. The third-order valence-electron chi connectivity index (χ3n) is 7.08. The first kappa shape index (κ1) is 27.9. The zero-order chi connectivity index (χ0) is 27.1. The van der Waals surface area contributed by atoms with Gasteiger partial charge >= 0.3 is 0 Å². The van der Waals surface area contributed by atoms with Crippen LogP contribution in [0.15, 0.2) is 60.7 Å². The number of ether oxygens (including phenoxy) is 2. The molecule has 0 spiro atoms. The summed E-state index contributed by atoms with van der Waals surface area (Å²) in [5.74, 6) is -4.15. The van der Waals surface area contributed by atoms with Crippen LogP contribution in [0.3, 0.4) is 0 Å². The largest absolute Gasteiger partial charge is 0.490 e. The Labute approximate surface area is 222 Å². The van der Waals surface area contributed by atoms with Gasteiger partial charge in [0.25, 0.3) is 0 Å². The number of halogens is 4. The second-order valence-corrected chi connectivity index (χ2v) is 9.73. The second-order valence-electron chi connectivity index (χ2n) is 9.73. The van der Waals surface area contributed by atoms with Gasteiger partial charge in [-0.05, 0) is 55.0 Å². The highest BCUT2D eigenvalue weighted by atomic mass is 19.2. The van der Waals surface area contributed by atoms with E-state index < -0.39 is 23.3 Å². The first-order valence-electron chi connectivity index (χ1n) is 13.4. The van der Waals surface area contributed by atoms with Gasteiger partial charge in [0, 0.05) is 17.0 Å². The van der Waals surface area contributed by atoms with Crippen LogP contribution in [-0.4, -0.2) is 19.3 Å². The van der Waals surface area contributed by atoms with E-state index in [2.05, 4.69) is 6.92 Å². The molecule has 3 aromatic carbocycles. The van der Waals surface area contributed by atoms with Gasteiger partial charge < -0.3 is 9.47 Å². The predicted molar refractivity (Wildman–Crippen MR) is 143 cm³/mol. The van der Waals surface area contributed by atoms with Crippen LogP contribution in [-0.2, 0) is 4.74 Å². The van der Waals surface area contributed by atoms with Crippen LogP contribution in [0.4, 0.5) is 17.6 Å². The predicted octanol–water partition coefficient (Wildman–Crippen LogP) is 9.37. The van der Waals surface area contributed by atoms with Crippen molar-refractivity contribution in [2.75, 3.05) is 13.2 Å². The van der Waals surface area contributed by atoms with Crippen LogP contribution >= 0.6 is 0 Å². The smallest absolute Gasteiger partial charge is 0.201 e. The molecule has 1 aliphatic rings. The first-order chi connectivity index (χ1) is 18.4. The van der Waals surface area contributed by atoms with Crippen LogP contribution in [0.25, 0.3) is 22.3 Å². The normalized spacial score (nSPS) is 17.7. The molecule has 4 rings (SSSR count). The van der Waals surface area contributed by atoms with E-state index in [9.17, 15) is 8.78 Å². The van der Waals surface area contributed by atoms with Crippen molar-refractivity contribution >= 4 is 0 Å². The summed E-state index contributed by atoms with van der Waals surface area (Å²) in [6, 6.07) is 12.4. The summed E-state index contributed by atoms with van der Waals surface area (Å²) < 4.78 is 70.8. The summed E-state index contributed by atoms with van der Waals surface area (Å²) in [4.78, 5) is 0. The zero-order valence-electron chi connectivity index (χ0n) is 21.9.